The summed E-state index contributed by atoms with van der Waals surface area (Å²) in [4.78, 5) is 0. The third-order valence-corrected chi connectivity index (χ3v) is 2.47. The highest BCUT2D eigenvalue weighted by Crippen LogP contribution is 2.08. The Kier molecular flexibility index (Phi) is 8.09. The van der Waals surface area contributed by atoms with Gasteiger partial charge in [-0.1, -0.05) is 33.1 Å². The first-order chi connectivity index (χ1) is 6.54. The van der Waals surface area contributed by atoms with E-state index in [0.29, 0.717) is 11.7 Å². The molecule has 1 N–H and O–H groups in total. The monoisotopic (exact) mass is 218 g/mol. The Morgan fingerprint density at radius 2 is 1.86 bits per heavy atom. The van der Waals surface area contributed by atoms with Gasteiger partial charge in [-0.3, -0.25) is 0 Å². The van der Waals surface area contributed by atoms with E-state index in [0.717, 1.165) is 12.3 Å². The van der Waals surface area contributed by atoms with E-state index in [1.54, 1.807) is 6.92 Å². The average molecular weight is 218 g/mol. The predicted molar refractivity (Wildman–Crippen MR) is 63.5 cm³/mol. The van der Waals surface area contributed by atoms with Gasteiger partial charge >= 0.3 is 0 Å². The first kappa shape index (κ1) is 13.8. The summed E-state index contributed by atoms with van der Waals surface area (Å²) in [5.74, 6) is 0.787. The van der Waals surface area contributed by atoms with Crippen LogP contribution >= 0.6 is 12.2 Å². The second-order valence-corrected chi connectivity index (χ2v) is 4.49. The topological polar surface area (TPSA) is 29.5 Å². The maximum atomic E-state index is 9.03. The van der Waals surface area contributed by atoms with Crippen LogP contribution in [-0.2, 0) is 4.74 Å². The molecular formula is C11H22O2S. The van der Waals surface area contributed by atoms with Gasteiger partial charge in [0.1, 0.15) is 6.10 Å². The molecule has 0 rings (SSSR count). The summed E-state index contributed by atoms with van der Waals surface area (Å²) >= 11 is 4.83. The van der Waals surface area contributed by atoms with Crippen LogP contribution in [0.2, 0.25) is 0 Å². The van der Waals surface area contributed by atoms with E-state index in [2.05, 4.69) is 13.8 Å². The third-order valence-electron chi connectivity index (χ3n) is 2.01. The van der Waals surface area contributed by atoms with Crippen LogP contribution in [0.1, 0.15) is 46.5 Å². The van der Waals surface area contributed by atoms with Gasteiger partial charge in [-0.25, -0.2) is 0 Å². The number of rotatable bonds is 7. The summed E-state index contributed by atoms with van der Waals surface area (Å²) in [7, 11) is 0. The standard InChI is InChI=1S/C11H22O2S/c1-9(2)7-5-4-6-8-13-11(14)10(3)12/h9-10,12H,4-8H2,1-3H3. The smallest absolute Gasteiger partial charge is 0.188 e. The molecule has 0 spiro atoms. The van der Waals surface area contributed by atoms with E-state index in [4.69, 9.17) is 22.1 Å². The second-order valence-electron chi connectivity index (χ2n) is 4.09. The molecule has 0 heterocycles. The summed E-state index contributed by atoms with van der Waals surface area (Å²) in [6, 6.07) is 0. The lowest BCUT2D eigenvalue weighted by molar-refractivity contribution is 0.203. The van der Waals surface area contributed by atoms with Crippen LogP contribution in [-0.4, -0.2) is 22.9 Å². The number of hydrogen-bond donors (Lipinski definition) is 1. The lowest BCUT2D eigenvalue weighted by atomic mass is 10.1. The van der Waals surface area contributed by atoms with E-state index in [1.165, 1.54) is 19.3 Å². The van der Waals surface area contributed by atoms with Crippen LogP contribution in [0.3, 0.4) is 0 Å². The van der Waals surface area contributed by atoms with Crippen LogP contribution in [0, 0.1) is 5.92 Å². The summed E-state index contributed by atoms with van der Waals surface area (Å²) in [6.07, 6.45) is 4.12. The van der Waals surface area contributed by atoms with Crippen LogP contribution < -0.4 is 0 Å². The predicted octanol–water partition coefficient (Wildman–Crippen LogP) is 2.93. The molecule has 84 valence electrons. The Morgan fingerprint density at radius 1 is 1.21 bits per heavy atom. The van der Waals surface area contributed by atoms with Gasteiger partial charge in [0.2, 0.25) is 0 Å². The van der Waals surface area contributed by atoms with Gasteiger partial charge in [-0.15, -0.1) is 0 Å². The molecule has 0 bridgehead atoms. The number of aliphatic hydroxyl groups excluding tert-OH is 1. The molecule has 0 saturated carbocycles. The highest BCUT2D eigenvalue weighted by molar-refractivity contribution is 7.80. The fourth-order valence-electron chi connectivity index (χ4n) is 1.12. The fraction of sp³-hybridized carbons (Fsp3) is 0.909. The molecule has 0 aliphatic rings. The van der Waals surface area contributed by atoms with Gasteiger partial charge < -0.3 is 9.84 Å². The van der Waals surface area contributed by atoms with Crippen molar-refractivity contribution >= 4 is 17.3 Å². The molecule has 0 amide bonds. The SMILES string of the molecule is CC(C)CCCCCOC(=S)C(C)O. The molecule has 3 heteroatoms. The number of thiocarbonyl (C=S) groups is 1. The Bertz CT molecular complexity index is 155. The molecule has 0 radical (unpaired) electrons. The van der Waals surface area contributed by atoms with Crippen molar-refractivity contribution in [2.75, 3.05) is 6.61 Å². The molecule has 0 aromatic heterocycles. The van der Waals surface area contributed by atoms with Crippen molar-refractivity contribution in [2.24, 2.45) is 5.92 Å². The minimum Gasteiger partial charge on any atom is -0.484 e. The van der Waals surface area contributed by atoms with Gasteiger partial charge in [0.15, 0.2) is 5.05 Å². The Hall–Kier alpha value is -0.150. The highest BCUT2D eigenvalue weighted by Gasteiger charge is 2.04. The number of ether oxygens (including phenoxy) is 1. The Balaban J connectivity index is 3.18. The van der Waals surface area contributed by atoms with Crippen LogP contribution in [0.4, 0.5) is 0 Å². The zero-order valence-electron chi connectivity index (χ0n) is 9.45. The molecule has 0 aromatic carbocycles. The largest absolute Gasteiger partial charge is 0.484 e. The quantitative estimate of drug-likeness (QED) is 0.526. The molecular weight excluding hydrogens is 196 g/mol. The van der Waals surface area contributed by atoms with Gasteiger partial charge in [0.25, 0.3) is 0 Å². The zero-order chi connectivity index (χ0) is 11.0. The van der Waals surface area contributed by atoms with Crippen molar-refractivity contribution in [2.45, 2.75) is 52.6 Å². The summed E-state index contributed by atoms with van der Waals surface area (Å²) in [6.45, 7) is 6.74. The van der Waals surface area contributed by atoms with Crippen molar-refractivity contribution in [3.05, 3.63) is 0 Å². The second kappa shape index (κ2) is 8.18. The van der Waals surface area contributed by atoms with E-state index in [1.807, 2.05) is 0 Å². The molecule has 0 aliphatic carbocycles. The van der Waals surface area contributed by atoms with Crippen LogP contribution in [0.5, 0.6) is 0 Å². The van der Waals surface area contributed by atoms with Crippen LogP contribution in [0.25, 0.3) is 0 Å². The number of hydrogen-bond acceptors (Lipinski definition) is 3. The van der Waals surface area contributed by atoms with Gasteiger partial charge in [-0.05, 0) is 31.5 Å². The van der Waals surface area contributed by atoms with E-state index < -0.39 is 6.10 Å². The molecule has 0 aromatic rings. The fourth-order valence-corrected chi connectivity index (χ4v) is 1.21. The van der Waals surface area contributed by atoms with E-state index in [-0.39, 0.29) is 0 Å². The Labute approximate surface area is 92.7 Å². The van der Waals surface area contributed by atoms with Crippen LogP contribution in [0.15, 0.2) is 0 Å². The van der Waals surface area contributed by atoms with E-state index in [9.17, 15) is 0 Å². The lowest BCUT2D eigenvalue weighted by Crippen LogP contribution is -2.17. The Morgan fingerprint density at radius 3 is 2.36 bits per heavy atom. The summed E-state index contributed by atoms with van der Waals surface area (Å²) in [5.41, 5.74) is 0. The molecule has 1 atom stereocenters. The zero-order valence-corrected chi connectivity index (χ0v) is 10.3. The van der Waals surface area contributed by atoms with Crippen molar-refractivity contribution in [3.63, 3.8) is 0 Å². The maximum absolute atomic E-state index is 9.03. The molecule has 1 unspecified atom stereocenters. The molecule has 0 aliphatic heterocycles. The first-order valence-corrected chi connectivity index (χ1v) is 5.79. The number of aliphatic hydroxyl groups is 1. The van der Waals surface area contributed by atoms with E-state index >= 15 is 0 Å². The van der Waals surface area contributed by atoms with Gasteiger partial charge in [-0.2, -0.15) is 0 Å². The highest BCUT2D eigenvalue weighted by atomic mass is 32.1. The lowest BCUT2D eigenvalue weighted by Gasteiger charge is -2.09. The summed E-state index contributed by atoms with van der Waals surface area (Å²) in [5, 5.41) is 9.34. The van der Waals surface area contributed by atoms with Crippen molar-refractivity contribution in [1.82, 2.24) is 0 Å². The third kappa shape index (κ3) is 8.45. The van der Waals surface area contributed by atoms with Crippen molar-refractivity contribution in [1.29, 1.82) is 0 Å². The van der Waals surface area contributed by atoms with Gasteiger partial charge in [0, 0.05) is 0 Å². The minimum absolute atomic E-state index is 0.314. The normalized spacial score (nSPS) is 12.9. The average Bonchev–Trinajstić information content (AvgIpc) is 2.09. The molecule has 14 heavy (non-hydrogen) atoms. The van der Waals surface area contributed by atoms with Gasteiger partial charge in [0.05, 0.1) is 6.61 Å². The number of unbranched alkanes of at least 4 members (excludes halogenated alkanes) is 2. The first-order valence-electron chi connectivity index (χ1n) is 5.38. The molecule has 0 saturated heterocycles. The van der Waals surface area contributed by atoms with Crippen molar-refractivity contribution < 1.29 is 9.84 Å². The minimum atomic E-state index is -0.624. The summed E-state index contributed by atoms with van der Waals surface area (Å²) < 4.78 is 5.19. The molecule has 0 fully saturated rings. The van der Waals surface area contributed by atoms with Crippen molar-refractivity contribution in [3.8, 4) is 0 Å². The maximum Gasteiger partial charge on any atom is 0.188 e. The molecule has 2 nitrogen and oxygen atoms in total.